The number of methoxy groups -OCH3 is 2. The van der Waals surface area contributed by atoms with Crippen molar-refractivity contribution in [1.29, 1.82) is 0 Å². The summed E-state index contributed by atoms with van der Waals surface area (Å²) in [5, 5.41) is 6.85. The van der Waals surface area contributed by atoms with Gasteiger partial charge in [0.15, 0.2) is 23.0 Å². The van der Waals surface area contributed by atoms with Crippen LogP contribution in [-0.4, -0.2) is 87.3 Å². The molecular formula is C33H40N4O6. The molecule has 2 fully saturated rings. The van der Waals surface area contributed by atoms with E-state index in [0.717, 1.165) is 54.6 Å². The normalized spacial score (nSPS) is 20.7. The van der Waals surface area contributed by atoms with Gasteiger partial charge in [-0.3, -0.25) is 9.59 Å². The number of carbonyl (C=O) groups is 2. The first-order valence-electron chi connectivity index (χ1n) is 15.0. The van der Waals surface area contributed by atoms with Gasteiger partial charge in [-0.1, -0.05) is 24.3 Å². The quantitative estimate of drug-likeness (QED) is 0.304. The Morgan fingerprint density at radius 3 is 1.56 bits per heavy atom. The van der Waals surface area contributed by atoms with Gasteiger partial charge in [0.1, 0.15) is 0 Å². The van der Waals surface area contributed by atoms with Crippen molar-refractivity contribution in [3.63, 3.8) is 0 Å². The Labute approximate surface area is 252 Å². The van der Waals surface area contributed by atoms with E-state index in [4.69, 9.17) is 18.9 Å². The number of benzene rings is 2. The number of unbranched alkanes of at least 4 members (excludes halogenated alkanes) is 2. The molecule has 2 aromatic rings. The molecule has 0 unspecified atom stereocenters. The summed E-state index contributed by atoms with van der Waals surface area (Å²) in [6, 6.07) is 7.52. The van der Waals surface area contributed by atoms with Crippen molar-refractivity contribution in [3.05, 3.63) is 59.7 Å². The maximum absolute atomic E-state index is 13.2. The Kier molecular flexibility index (Phi) is 8.10. The molecule has 0 saturated carbocycles. The van der Waals surface area contributed by atoms with E-state index in [0.29, 0.717) is 73.5 Å². The topological polar surface area (TPSA) is 102 Å². The number of hydrogen-bond acceptors (Lipinski definition) is 8. The van der Waals surface area contributed by atoms with Crippen molar-refractivity contribution in [2.24, 2.45) is 0 Å². The number of fused-ring (bicyclic) bond motifs is 4. The third-order valence-electron chi connectivity index (χ3n) is 8.67. The summed E-state index contributed by atoms with van der Waals surface area (Å²) >= 11 is 0. The van der Waals surface area contributed by atoms with Gasteiger partial charge in [0.05, 0.1) is 62.0 Å². The van der Waals surface area contributed by atoms with Crippen LogP contribution in [-0.2, 0) is 0 Å². The lowest BCUT2D eigenvalue weighted by Gasteiger charge is -2.21. The van der Waals surface area contributed by atoms with Crippen LogP contribution in [0.3, 0.4) is 0 Å². The van der Waals surface area contributed by atoms with Gasteiger partial charge >= 0.3 is 0 Å². The summed E-state index contributed by atoms with van der Waals surface area (Å²) in [4.78, 5) is 30.2. The van der Waals surface area contributed by atoms with E-state index in [1.54, 1.807) is 26.4 Å². The third-order valence-corrected chi connectivity index (χ3v) is 8.67. The standard InChI is InChI=1S/C33H40N4O6/c1-20-10-22-16-34-26-14-30(28(40-3)12-24(26)32(38)36(22)18-20)42-8-6-5-7-9-43-31-15-27-25(13-29(31)41-4)33(39)37-19-21(2)11-23(37)17-35-27/h12-15,22-23,34-35H,1-2,5-11,16-19H2,3-4H3/t22-,23-/m0/s1. The van der Waals surface area contributed by atoms with Crippen LogP contribution < -0.4 is 29.6 Å². The number of ether oxygens (including phenoxy) is 4. The van der Waals surface area contributed by atoms with Gasteiger partial charge in [-0.2, -0.15) is 0 Å². The Balaban J connectivity index is 1.01. The van der Waals surface area contributed by atoms with Gasteiger partial charge in [0.25, 0.3) is 11.8 Å². The zero-order chi connectivity index (χ0) is 30.1. The van der Waals surface area contributed by atoms with Crippen LogP contribution in [0.25, 0.3) is 0 Å². The summed E-state index contributed by atoms with van der Waals surface area (Å²) in [5.41, 5.74) is 4.89. The summed E-state index contributed by atoms with van der Waals surface area (Å²) in [7, 11) is 3.17. The summed E-state index contributed by atoms with van der Waals surface area (Å²) < 4.78 is 23.3. The fourth-order valence-electron chi connectivity index (χ4n) is 6.42. The average molecular weight is 589 g/mol. The minimum atomic E-state index is -0.00591. The zero-order valence-electron chi connectivity index (χ0n) is 25.0. The molecule has 2 atom stereocenters. The molecule has 0 bridgehead atoms. The lowest BCUT2D eigenvalue weighted by Crippen LogP contribution is -2.36. The highest BCUT2D eigenvalue weighted by Gasteiger charge is 2.37. The predicted molar refractivity (Wildman–Crippen MR) is 165 cm³/mol. The first-order valence-corrected chi connectivity index (χ1v) is 15.0. The smallest absolute Gasteiger partial charge is 0.256 e. The van der Waals surface area contributed by atoms with E-state index in [-0.39, 0.29) is 23.9 Å². The second kappa shape index (κ2) is 12.1. The van der Waals surface area contributed by atoms with Crippen LogP contribution in [0.4, 0.5) is 11.4 Å². The monoisotopic (exact) mass is 588 g/mol. The number of nitrogens with zero attached hydrogens (tertiary/aromatic N) is 2. The molecule has 0 aliphatic carbocycles. The number of anilines is 2. The molecule has 0 spiro atoms. The fraction of sp³-hybridized carbons (Fsp3) is 0.455. The van der Waals surface area contributed by atoms with Gasteiger partial charge < -0.3 is 39.4 Å². The van der Waals surface area contributed by atoms with Gasteiger partial charge in [0.2, 0.25) is 0 Å². The van der Waals surface area contributed by atoms with E-state index in [1.165, 1.54) is 0 Å². The van der Waals surface area contributed by atoms with Crippen molar-refractivity contribution < 1.29 is 28.5 Å². The Morgan fingerprint density at radius 2 is 1.14 bits per heavy atom. The average Bonchev–Trinajstić information content (AvgIpc) is 3.51. The van der Waals surface area contributed by atoms with Crippen molar-refractivity contribution in [3.8, 4) is 23.0 Å². The molecule has 10 nitrogen and oxygen atoms in total. The van der Waals surface area contributed by atoms with Gasteiger partial charge in [0, 0.05) is 38.3 Å². The van der Waals surface area contributed by atoms with E-state index in [2.05, 4.69) is 23.8 Å². The van der Waals surface area contributed by atoms with Crippen LogP contribution in [0.5, 0.6) is 23.0 Å². The highest BCUT2D eigenvalue weighted by atomic mass is 16.5. The zero-order valence-corrected chi connectivity index (χ0v) is 25.0. The predicted octanol–water partition coefficient (Wildman–Crippen LogP) is 4.72. The first kappa shape index (κ1) is 28.8. The number of nitrogens with one attached hydrogen (secondary N) is 2. The molecule has 6 rings (SSSR count). The molecule has 4 aliphatic rings. The molecule has 2 N–H and O–H groups in total. The largest absolute Gasteiger partial charge is 0.493 e. The number of carbonyl (C=O) groups excluding carboxylic acids is 2. The second-order valence-electron chi connectivity index (χ2n) is 11.7. The Hall–Kier alpha value is -4.34. The minimum absolute atomic E-state index is 0.00591. The van der Waals surface area contributed by atoms with Crippen LogP contribution in [0.1, 0.15) is 52.8 Å². The Morgan fingerprint density at radius 1 is 0.698 bits per heavy atom. The molecule has 0 aromatic heterocycles. The molecule has 43 heavy (non-hydrogen) atoms. The maximum atomic E-state index is 13.2. The molecule has 2 aromatic carbocycles. The van der Waals surface area contributed by atoms with Crippen LogP contribution in [0.2, 0.25) is 0 Å². The summed E-state index contributed by atoms with van der Waals surface area (Å²) in [6.45, 7) is 11.7. The number of rotatable bonds is 10. The van der Waals surface area contributed by atoms with Crippen molar-refractivity contribution >= 4 is 23.2 Å². The molecule has 2 amide bonds. The van der Waals surface area contributed by atoms with Crippen LogP contribution in [0, 0.1) is 0 Å². The molecular weight excluding hydrogens is 548 g/mol. The van der Waals surface area contributed by atoms with Crippen LogP contribution >= 0.6 is 0 Å². The minimum Gasteiger partial charge on any atom is -0.493 e. The molecule has 228 valence electrons. The lowest BCUT2D eigenvalue weighted by atomic mass is 10.1. The molecule has 4 aliphatic heterocycles. The van der Waals surface area contributed by atoms with Gasteiger partial charge in [-0.05, 0) is 44.2 Å². The summed E-state index contributed by atoms with van der Waals surface area (Å²) in [5.74, 6) is 2.31. The van der Waals surface area contributed by atoms with Crippen molar-refractivity contribution in [2.75, 3.05) is 64.2 Å². The molecule has 4 heterocycles. The summed E-state index contributed by atoms with van der Waals surface area (Å²) in [6.07, 6.45) is 4.20. The van der Waals surface area contributed by atoms with E-state index in [1.807, 2.05) is 21.9 Å². The van der Waals surface area contributed by atoms with Gasteiger partial charge in [-0.25, -0.2) is 0 Å². The van der Waals surface area contributed by atoms with Gasteiger partial charge in [-0.15, -0.1) is 0 Å². The molecule has 0 radical (unpaired) electrons. The Bertz CT molecular complexity index is 1350. The highest BCUT2D eigenvalue weighted by molar-refractivity contribution is 6.02. The SMILES string of the molecule is C=C1C[C@H]2CNc3cc(OCCCCCOc4cc5c(cc4OC)C(=O)N4CC(=C)C[C@H]4CN5)c(OC)cc3C(=O)N2C1. The van der Waals surface area contributed by atoms with Crippen molar-refractivity contribution in [2.45, 2.75) is 44.2 Å². The second-order valence-corrected chi connectivity index (χ2v) is 11.7. The van der Waals surface area contributed by atoms with E-state index < -0.39 is 0 Å². The van der Waals surface area contributed by atoms with E-state index in [9.17, 15) is 9.59 Å². The molecule has 2 saturated heterocycles. The highest BCUT2D eigenvalue weighted by Crippen LogP contribution is 2.39. The number of hydrogen-bond donors (Lipinski definition) is 2. The third kappa shape index (κ3) is 5.70. The van der Waals surface area contributed by atoms with Crippen LogP contribution in [0.15, 0.2) is 48.6 Å². The number of amides is 2. The lowest BCUT2D eigenvalue weighted by molar-refractivity contribution is 0.0744. The fourth-order valence-corrected chi connectivity index (χ4v) is 6.42. The molecule has 10 heteroatoms. The first-order chi connectivity index (χ1) is 20.9. The van der Waals surface area contributed by atoms with Crippen molar-refractivity contribution in [1.82, 2.24) is 9.80 Å². The van der Waals surface area contributed by atoms with E-state index >= 15 is 0 Å². The maximum Gasteiger partial charge on any atom is 0.256 e.